The average Bonchev–Trinajstić information content (AvgIpc) is 2.99. The molecule has 2 N–H and O–H groups in total. The molecule has 2 aromatic carbocycles. The number of alkyl halides is 3. The third-order valence-electron chi connectivity index (χ3n) is 5.41. The highest BCUT2D eigenvalue weighted by Gasteiger charge is 2.42. The predicted octanol–water partition coefficient (Wildman–Crippen LogP) is 2.02. The van der Waals surface area contributed by atoms with Crippen molar-refractivity contribution in [2.45, 2.75) is 36.4 Å². The molecule has 1 aliphatic rings. The van der Waals surface area contributed by atoms with Gasteiger partial charge in [0.2, 0.25) is 10.0 Å². The smallest absolute Gasteiger partial charge is 0.471 e. The summed E-state index contributed by atoms with van der Waals surface area (Å²) in [4.78, 5) is 23.7. The summed E-state index contributed by atoms with van der Waals surface area (Å²) in [6, 6.07) is 10.5. The Kier molecular flexibility index (Phi) is 7.28. The maximum Gasteiger partial charge on any atom is 0.471 e. The number of carboxylic acid groups (broad SMARTS) is 1. The number of fused-ring (bicyclic) bond motifs is 1. The Morgan fingerprint density at radius 3 is 2.41 bits per heavy atom. The van der Waals surface area contributed by atoms with Crippen LogP contribution in [-0.4, -0.2) is 55.6 Å². The van der Waals surface area contributed by atoms with Gasteiger partial charge in [-0.25, -0.2) is 8.42 Å². The highest BCUT2D eigenvalue weighted by atomic mass is 32.2. The van der Waals surface area contributed by atoms with Gasteiger partial charge in [-0.1, -0.05) is 18.2 Å². The number of nitrogens with one attached hydrogen (secondary N) is 1. The number of sulfonamides is 1. The van der Waals surface area contributed by atoms with Crippen molar-refractivity contribution in [2.24, 2.45) is 0 Å². The molecule has 0 bridgehead atoms. The molecular formula is C22H20F3N3O5S. The minimum Gasteiger partial charge on any atom is -0.480 e. The van der Waals surface area contributed by atoms with Crippen molar-refractivity contribution in [3.05, 3.63) is 64.7 Å². The summed E-state index contributed by atoms with van der Waals surface area (Å²) >= 11 is 0. The lowest BCUT2D eigenvalue weighted by atomic mass is 10.0. The van der Waals surface area contributed by atoms with E-state index in [0.717, 1.165) is 0 Å². The molecule has 0 spiro atoms. The molecule has 0 aromatic heterocycles. The zero-order chi connectivity index (χ0) is 25.1. The zero-order valence-corrected chi connectivity index (χ0v) is 18.5. The third kappa shape index (κ3) is 5.92. The summed E-state index contributed by atoms with van der Waals surface area (Å²) < 4.78 is 66.2. The van der Waals surface area contributed by atoms with Gasteiger partial charge in [0.1, 0.15) is 6.04 Å². The molecule has 34 heavy (non-hydrogen) atoms. The summed E-state index contributed by atoms with van der Waals surface area (Å²) in [5.74, 6) is -3.36. The molecule has 3 rings (SSSR count). The lowest BCUT2D eigenvalue weighted by molar-refractivity contribution is -0.185. The van der Waals surface area contributed by atoms with Gasteiger partial charge in [-0.2, -0.15) is 23.2 Å². The molecule has 0 fully saturated rings. The van der Waals surface area contributed by atoms with Gasteiger partial charge in [-0.05, 0) is 60.2 Å². The fourth-order valence-electron chi connectivity index (χ4n) is 3.69. The Hall–Kier alpha value is -3.43. The number of nitrogens with zero attached hydrogens (tertiary/aromatic N) is 2. The zero-order valence-electron chi connectivity index (χ0n) is 17.7. The van der Waals surface area contributed by atoms with Crippen LogP contribution in [0.15, 0.2) is 47.4 Å². The molecule has 1 aliphatic heterocycles. The molecule has 1 atom stereocenters. The van der Waals surface area contributed by atoms with Gasteiger partial charge >= 0.3 is 18.1 Å². The number of benzene rings is 2. The van der Waals surface area contributed by atoms with Crippen LogP contribution < -0.4 is 4.72 Å². The maximum atomic E-state index is 12.9. The minimum absolute atomic E-state index is 0.0177. The molecule has 12 heteroatoms. The Morgan fingerprint density at radius 2 is 1.79 bits per heavy atom. The van der Waals surface area contributed by atoms with Crippen LogP contribution in [0.25, 0.3) is 0 Å². The number of amides is 1. The normalized spacial score (nSPS) is 15.1. The number of carbonyl (C=O) groups is 2. The fourth-order valence-corrected chi connectivity index (χ4v) is 4.93. The van der Waals surface area contributed by atoms with Crippen LogP contribution in [0.1, 0.15) is 22.3 Å². The molecule has 0 saturated carbocycles. The number of hydrogen-bond donors (Lipinski definition) is 2. The third-order valence-corrected chi connectivity index (χ3v) is 6.88. The lowest BCUT2D eigenvalue weighted by Crippen LogP contribution is -2.42. The van der Waals surface area contributed by atoms with E-state index in [0.29, 0.717) is 27.2 Å². The number of rotatable bonds is 6. The van der Waals surface area contributed by atoms with E-state index in [-0.39, 0.29) is 37.2 Å². The molecular weight excluding hydrogens is 475 g/mol. The van der Waals surface area contributed by atoms with Gasteiger partial charge < -0.3 is 10.0 Å². The van der Waals surface area contributed by atoms with Gasteiger partial charge in [-0.3, -0.25) is 9.59 Å². The summed E-state index contributed by atoms with van der Waals surface area (Å²) in [7, 11) is -4.30. The van der Waals surface area contributed by atoms with Gasteiger partial charge in [0.25, 0.3) is 0 Å². The summed E-state index contributed by atoms with van der Waals surface area (Å²) in [6.07, 6.45) is -5.06. The first-order valence-corrected chi connectivity index (χ1v) is 11.6. The quantitative estimate of drug-likeness (QED) is 0.631. The molecule has 8 nitrogen and oxygen atoms in total. The minimum atomic E-state index is -4.99. The molecule has 1 heterocycles. The second kappa shape index (κ2) is 9.82. The van der Waals surface area contributed by atoms with Crippen molar-refractivity contribution in [3.63, 3.8) is 0 Å². The molecule has 0 aliphatic carbocycles. The highest BCUT2D eigenvalue weighted by molar-refractivity contribution is 7.89. The van der Waals surface area contributed by atoms with E-state index in [1.54, 1.807) is 12.1 Å². The lowest BCUT2D eigenvalue weighted by Gasteiger charge is -2.21. The summed E-state index contributed by atoms with van der Waals surface area (Å²) in [6.45, 7) is -0.381. The van der Waals surface area contributed by atoms with E-state index in [4.69, 9.17) is 5.26 Å². The second-order valence-electron chi connectivity index (χ2n) is 7.75. The molecule has 0 radical (unpaired) electrons. The summed E-state index contributed by atoms with van der Waals surface area (Å²) in [5.41, 5.74) is 1.83. The number of halogens is 3. The van der Waals surface area contributed by atoms with Gasteiger partial charge in [0, 0.05) is 13.1 Å². The van der Waals surface area contributed by atoms with Crippen molar-refractivity contribution in [1.82, 2.24) is 9.62 Å². The number of nitriles is 1. The van der Waals surface area contributed by atoms with Crippen molar-refractivity contribution in [3.8, 4) is 6.07 Å². The van der Waals surface area contributed by atoms with Crippen LogP contribution in [0.2, 0.25) is 0 Å². The van der Waals surface area contributed by atoms with Gasteiger partial charge in [0.05, 0.1) is 16.5 Å². The number of carboxylic acids is 1. The first-order chi connectivity index (χ1) is 15.9. The van der Waals surface area contributed by atoms with E-state index in [2.05, 4.69) is 4.72 Å². The fraction of sp³-hybridized carbons (Fsp3) is 0.318. The Labute approximate surface area is 193 Å². The SMILES string of the molecule is N#Cc1cccc(CC(NS(=O)(=O)c2ccc3c(c2)CCN(C(=O)C(F)(F)F)CC3)C(=O)O)c1. The van der Waals surface area contributed by atoms with E-state index < -0.39 is 34.1 Å². The Bertz CT molecular complexity index is 1260. The molecule has 0 saturated heterocycles. The van der Waals surface area contributed by atoms with Crippen LogP contribution in [0, 0.1) is 11.3 Å². The second-order valence-corrected chi connectivity index (χ2v) is 9.46. The molecule has 180 valence electrons. The van der Waals surface area contributed by atoms with Crippen LogP contribution in [0.5, 0.6) is 0 Å². The average molecular weight is 495 g/mol. The van der Waals surface area contributed by atoms with Crippen LogP contribution >= 0.6 is 0 Å². The number of hydrogen-bond acceptors (Lipinski definition) is 5. The molecule has 1 amide bonds. The molecule has 2 aromatic rings. The van der Waals surface area contributed by atoms with Crippen LogP contribution in [0.4, 0.5) is 13.2 Å². The Balaban J connectivity index is 1.79. The largest absolute Gasteiger partial charge is 0.480 e. The maximum absolute atomic E-state index is 12.9. The van der Waals surface area contributed by atoms with Crippen molar-refractivity contribution >= 4 is 21.9 Å². The van der Waals surface area contributed by atoms with Crippen LogP contribution in [0.3, 0.4) is 0 Å². The van der Waals surface area contributed by atoms with E-state index >= 15 is 0 Å². The van der Waals surface area contributed by atoms with E-state index in [1.165, 1.54) is 30.3 Å². The van der Waals surface area contributed by atoms with Gasteiger partial charge in [0.15, 0.2) is 0 Å². The van der Waals surface area contributed by atoms with Crippen molar-refractivity contribution in [2.75, 3.05) is 13.1 Å². The monoisotopic (exact) mass is 495 g/mol. The first-order valence-electron chi connectivity index (χ1n) is 10.1. The first kappa shape index (κ1) is 25.2. The summed E-state index contributed by atoms with van der Waals surface area (Å²) in [5, 5.41) is 18.5. The Morgan fingerprint density at radius 1 is 1.12 bits per heavy atom. The van der Waals surface area contributed by atoms with Crippen LogP contribution in [-0.2, 0) is 38.9 Å². The standard InChI is InChI=1S/C22H20F3N3O5S/c23-22(24,25)21(31)28-8-6-16-4-5-18(12-17(16)7-9-28)34(32,33)27-19(20(29)30)11-14-2-1-3-15(10-14)13-26/h1-5,10,12,19,27H,6-9,11H2,(H,29,30). The van der Waals surface area contributed by atoms with E-state index in [1.807, 2.05) is 6.07 Å². The topological polar surface area (TPSA) is 128 Å². The van der Waals surface area contributed by atoms with E-state index in [9.17, 15) is 36.3 Å². The molecule has 1 unspecified atom stereocenters. The van der Waals surface area contributed by atoms with Crippen molar-refractivity contribution in [1.29, 1.82) is 5.26 Å². The number of carbonyl (C=O) groups excluding carboxylic acids is 1. The predicted molar refractivity (Wildman–Crippen MR) is 113 cm³/mol. The van der Waals surface area contributed by atoms with Gasteiger partial charge in [-0.15, -0.1) is 0 Å². The number of aliphatic carboxylic acids is 1. The highest BCUT2D eigenvalue weighted by Crippen LogP contribution is 2.24. The van der Waals surface area contributed by atoms with Crippen molar-refractivity contribution < 1.29 is 36.3 Å².